The zero-order chi connectivity index (χ0) is 22.8. The Balaban J connectivity index is 1.45. The Morgan fingerprint density at radius 3 is 2.47 bits per heavy atom. The fourth-order valence-electron chi connectivity index (χ4n) is 3.74. The summed E-state index contributed by atoms with van der Waals surface area (Å²) in [7, 11) is 1.72. The highest BCUT2D eigenvalue weighted by Crippen LogP contribution is 2.33. The van der Waals surface area contributed by atoms with E-state index in [0.29, 0.717) is 24.0 Å². The summed E-state index contributed by atoms with van der Waals surface area (Å²) in [5.41, 5.74) is 2.89. The molecule has 1 aliphatic rings. The molecule has 1 aliphatic heterocycles. The lowest BCUT2D eigenvalue weighted by Crippen LogP contribution is -2.41. The molecule has 0 bridgehead atoms. The van der Waals surface area contributed by atoms with Gasteiger partial charge in [-0.25, -0.2) is 0 Å². The second-order valence-electron chi connectivity index (χ2n) is 7.84. The van der Waals surface area contributed by atoms with Gasteiger partial charge in [0.1, 0.15) is 6.61 Å². The first kappa shape index (κ1) is 24.1. The molecule has 32 heavy (non-hydrogen) atoms. The molecule has 1 saturated heterocycles. The van der Waals surface area contributed by atoms with Crippen LogP contribution in [0.5, 0.6) is 0 Å². The molecule has 2 aromatic rings. The zero-order valence-corrected chi connectivity index (χ0v) is 18.2. The van der Waals surface area contributed by atoms with Crippen LogP contribution in [0.2, 0.25) is 0 Å². The molecule has 1 heterocycles. The molecule has 2 atom stereocenters. The molecule has 0 saturated carbocycles. The van der Waals surface area contributed by atoms with E-state index in [0.717, 1.165) is 31.6 Å². The molecule has 0 amide bonds. The van der Waals surface area contributed by atoms with Crippen LogP contribution in [-0.4, -0.2) is 38.9 Å². The van der Waals surface area contributed by atoms with Gasteiger partial charge in [-0.15, -0.1) is 0 Å². The molecular weight excluding hydrogens is 419 g/mol. The number of nitrogens with one attached hydrogen (secondary N) is 2. The van der Waals surface area contributed by atoms with Crippen molar-refractivity contribution in [2.75, 3.05) is 26.8 Å². The number of rotatable bonds is 8. The van der Waals surface area contributed by atoms with Crippen molar-refractivity contribution in [2.24, 2.45) is 10.9 Å². The third-order valence-corrected chi connectivity index (χ3v) is 5.35. The first-order valence-electron chi connectivity index (χ1n) is 10.8. The molecule has 0 radical (unpaired) electrons. The van der Waals surface area contributed by atoms with Crippen LogP contribution in [0.1, 0.15) is 35.6 Å². The lowest BCUT2D eigenvalue weighted by Gasteiger charge is -2.32. The summed E-state index contributed by atoms with van der Waals surface area (Å²) in [6, 6.07) is 17.6. The van der Waals surface area contributed by atoms with Crippen LogP contribution in [0.3, 0.4) is 0 Å². The van der Waals surface area contributed by atoms with E-state index in [1.807, 2.05) is 30.3 Å². The molecule has 5 nitrogen and oxygen atoms in total. The summed E-state index contributed by atoms with van der Waals surface area (Å²) in [5.74, 6) is 1.04. The molecule has 0 spiro atoms. The van der Waals surface area contributed by atoms with Gasteiger partial charge in [-0.3, -0.25) is 4.99 Å². The number of guanidine groups is 1. The molecule has 174 valence electrons. The van der Waals surface area contributed by atoms with Gasteiger partial charge in [-0.2, -0.15) is 13.2 Å². The minimum Gasteiger partial charge on any atom is -0.373 e. The van der Waals surface area contributed by atoms with E-state index in [2.05, 4.69) is 32.5 Å². The zero-order valence-electron chi connectivity index (χ0n) is 18.2. The number of benzene rings is 2. The number of hydrogen-bond donors (Lipinski definition) is 2. The second-order valence-corrected chi connectivity index (χ2v) is 7.84. The first-order valence-corrected chi connectivity index (χ1v) is 10.8. The van der Waals surface area contributed by atoms with Crippen LogP contribution in [0.4, 0.5) is 13.2 Å². The number of ether oxygens (including phenoxy) is 2. The number of alkyl halides is 3. The smallest absolute Gasteiger partial charge is 0.373 e. The van der Waals surface area contributed by atoms with Gasteiger partial charge >= 0.3 is 6.18 Å². The fraction of sp³-hybridized carbons (Fsp3) is 0.458. The average molecular weight is 450 g/mol. The highest BCUT2D eigenvalue weighted by atomic mass is 19.4. The number of halogens is 3. The Morgan fingerprint density at radius 1 is 1.06 bits per heavy atom. The minimum atomic E-state index is -4.31. The predicted molar refractivity (Wildman–Crippen MR) is 118 cm³/mol. The van der Waals surface area contributed by atoms with Crippen LogP contribution in [0, 0.1) is 5.92 Å². The van der Waals surface area contributed by atoms with Gasteiger partial charge in [0.25, 0.3) is 0 Å². The fourth-order valence-corrected chi connectivity index (χ4v) is 3.74. The summed E-state index contributed by atoms with van der Waals surface area (Å²) >= 11 is 0. The van der Waals surface area contributed by atoms with Crippen molar-refractivity contribution in [3.63, 3.8) is 0 Å². The van der Waals surface area contributed by atoms with Crippen molar-refractivity contribution in [3.05, 3.63) is 71.3 Å². The molecule has 8 heteroatoms. The third-order valence-electron chi connectivity index (χ3n) is 5.35. The second kappa shape index (κ2) is 11.9. The van der Waals surface area contributed by atoms with E-state index in [-0.39, 0.29) is 12.7 Å². The highest BCUT2D eigenvalue weighted by Gasteiger charge is 2.28. The molecule has 2 unspecified atom stereocenters. The lowest BCUT2D eigenvalue weighted by atomic mass is 9.89. The molecular formula is C24H30F3N3O2. The number of aliphatic imine (C=N–C) groups is 1. The topological polar surface area (TPSA) is 54.9 Å². The molecule has 2 N–H and O–H groups in total. The van der Waals surface area contributed by atoms with Gasteiger partial charge in [0.15, 0.2) is 5.96 Å². The maximum atomic E-state index is 12.2. The summed E-state index contributed by atoms with van der Waals surface area (Å²) in [4.78, 5) is 4.29. The number of nitrogens with zero attached hydrogens (tertiary/aromatic N) is 1. The van der Waals surface area contributed by atoms with Gasteiger partial charge in [-0.1, -0.05) is 54.6 Å². The van der Waals surface area contributed by atoms with Crippen LogP contribution in [0.25, 0.3) is 0 Å². The molecule has 3 rings (SSSR count). The van der Waals surface area contributed by atoms with Gasteiger partial charge in [0.05, 0.1) is 12.7 Å². The van der Waals surface area contributed by atoms with Gasteiger partial charge in [0.2, 0.25) is 0 Å². The van der Waals surface area contributed by atoms with E-state index in [9.17, 15) is 13.2 Å². The van der Waals surface area contributed by atoms with Crippen LogP contribution >= 0.6 is 0 Å². The van der Waals surface area contributed by atoms with Crippen LogP contribution in [0.15, 0.2) is 59.6 Å². The van der Waals surface area contributed by atoms with Crippen molar-refractivity contribution < 1.29 is 22.6 Å². The van der Waals surface area contributed by atoms with E-state index in [1.165, 1.54) is 5.56 Å². The minimum absolute atomic E-state index is 0.0670. The molecule has 0 aliphatic carbocycles. The number of hydrogen-bond acceptors (Lipinski definition) is 3. The monoisotopic (exact) mass is 449 g/mol. The maximum absolute atomic E-state index is 12.2. The van der Waals surface area contributed by atoms with Gasteiger partial charge in [-0.05, 0) is 29.5 Å². The van der Waals surface area contributed by atoms with E-state index in [1.54, 1.807) is 19.2 Å². The van der Waals surface area contributed by atoms with E-state index >= 15 is 0 Å². The first-order chi connectivity index (χ1) is 15.4. The molecule has 0 aromatic heterocycles. The molecule has 1 fully saturated rings. The SMILES string of the molecule is CN=C(NCc1ccc(COCC(F)(F)F)cc1)NCC1CCCOC1c1ccccc1. The summed E-state index contributed by atoms with van der Waals surface area (Å²) in [6.45, 7) is 0.763. The highest BCUT2D eigenvalue weighted by molar-refractivity contribution is 5.79. The average Bonchev–Trinajstić information content (AvgIpc) is 2.80. The molecule has 2 aromatic carbocycles. The normalized spacial score (nSPS) is 19.6. The Hall–Kier alpha value is -2.58. The summed E-state index contributed by atoms with van der Waals surface area (Å²) in [6.07, 6.45) is -2.11. The van der Waals surface area contributed by atoms with Crippen molar-refractivity contribution in [1.29, 1.82) is 0 Å². The Kier molecular flexibility index (Phi) is 8.93. The summed E-state index contributed by atoms with van der Waals surface area (Å²) in [5, 5.41) is 6.68. The van der Waals surface area contributed by atoms with Crippen LogP contribution in [-0.2, 0) is 22.6 Å². The maximum Gasteiger partial charge on any atom is 0.411 e. The third kappa shape index (κ3) is 7.84. The lowest BCUT2D eigenvalue weighted by molar-refractivity contribution is -0.176. The Morgan fingerprint density at radius 2 is 1.78 bits per heavy atom. The Bertz CT molecular complexity index is 842. The van der Waals surface area contributed by atoms with Crippen molar-refractivity contribution in [2.45, 2.75) is 38.3 Å². The van der Waals surface area contributed by atoms with Gasteiger partial charge in [0, 0.05) is 32.7 Å². The summed E-state index contributed by atoms with van der Waals surface area (Å²) < 4.78 is 47.2. The van der Waals surface area contributed by atoms with Crippen molar-refractivity contribution in [1.82, 2.24) is 10.6 Å². The van der Waals surface area contributed by atoms with E-state index in [4.69, 9.17) is 4.74 Å². The van der Waals surface area contributed by atoms with Gasteiger partial charge < -0.3 is 20.1 Å². The standard InChI is InChI=1S/C24H30F3N3O2/c1-28-23(29-14-18-9-11-19(12-10-18)16-31-17-24(25,26)27)30-15-21-8-5-13-32-22(21)20-6-3-2-4-7-20/h2-4,6-7,9-12,21-22H,5,8,13-17H2,1H3,(H2,28,29,30). The van der Waals surface area contributed by atoms with Crippen molar-refractivity contribution in [3.8, 4) is 0 Å². The predicted octanol–water partition coefficient (Wildman–Crippen LogP) is 4.60. The van der Waals surface area contributed by atoms with Crippen LogP contribution < -0.4 is 10.6 Å². The largest absolute Gasteiger partial charge is 0.411 e. The van der Waals surface area contributed by atoms with E-state index < -0.39 is 12.8 Å². The quantitative estimate of drug-likeness (QED) is 0.457. The van der Waals surface area contributed by atoms with Crippen molar-refractivity contribution >= 4 is 5.96 Å². The Labute approximate surface area is 187 Å².